The van der Waals surface area contributed by atoms with Gasteiger partial charge in [0.15, 0.2) is 0 Å². The molecule has 16 heavy (non-hydrogen) atoms. The lowest BCUT2D eigenvalue weighted by atomic mass is 9.88. The number of hydrogen-bond acceptors (Lipinski definition) is 3. The van der Waals surface area contributed by atoms with E-state index < -0.39 is 16.9 Å². The van der Waals surface area contributed by atoms with Gasteiger partial charge in [0, 0.05) is 18.5 Å². The Kier molecular flexibility index (Phi) is 3.25. The molecule has 0 radical (unpaired) electrons. The van der Waals surface area contributed by atoms with Crippen molar-refractivity contribution in [3.8, 4) is 5.75 Å². The van der Waals surface area contributed by atoms with Crippen molar-refractivity contribution in [3.05, 3.63) is 29.8 Å². The first kappa shape index (κ1) is 11.5. The van der Waals surface area contributed by atoms with Crippen molar-refractivity contribution in [3.63, 3.8) is 0 Å². The fourth-order valence-corrected chi connectivity index (χ4v) is 2.17. The van der Waals surface area contributed by atoms with Crippen molar-refractivity contribution in [2.75, 3.05) is 13.2 Å². The molecule has 0 spiro atoms. The van der Waals surface area contributed by atoms with E-state index in [0.717, 1.165) is 0 Å². The van der Waals surface area contributed by atoms with Crippen LogP contribution in [-0.4, -0.2) is 27.0 Å². The predicted molar refractivity (Wildman–Crippen MR) is 59.2 cm³/mol. The van der Waals surface area contributed by atoms with E-state index in [1.54, 1.807) is 18.2 Å². The SMILES string of the molecule is O=S(O)NCC1(O)CCOc2ccccc21. The summed E-state index contributed by atoms with van der Waals surface area (Å²) in [5, 5.41) is 10.4. The molecule has 0 bridgehead atoms. The first-order valence-corrected chi connectivity index (χ1v) is 6.01. The summed E-state index contributed by atoms with van der Waals surface area (Å²) < 4.78 is 26.9. The second-order valence-electron chi connectivity index (χ2n) is 3.70. The van der Waals surface area contributed by atoms with Crippen LogP contribution < -0.4 is 9.46 Å². The number of benzene rings is 1. The molecule has 1 aliphatic heterocycles. The molecule has 0 fully saturated rings. The minimum Gasteiger partial charge on any atom is -0.493 e. The lowest BCUT2D eigenvalue weighted by Gasteiger charge is -2.33. The van der Waals surface area contributed by atoms with Crippen LogP contribution in [0.3, 0.4) is 0 Å². The highest BCUT2D eigenvalue weighted by Crippen LogP contribution is 2.36. The summed E-state index contributed by atoms with van der Waals surface area (Å²) in [5.74, 6) is 0.627. The predicted octanol–water partition coefficient (Wildman–Crippen LogP) is 0.383. The van der Waals surface area contributed by atoms with E-state index in [9.17, 15) is 9.32 Å². The van der Waals surface area contributed by atoms with Crippen LogP contribution in [0.5, 0.6) is 5.75 Å². The third-order valence-corrected chi connectivity index (χ3v) is 3.04. The number of rotatable bonds is 3. The van der Waals surface area contributed by atoms with Gasteiger partial charge in [-0.1, -0.05) is 18.2 Å². The topological polar surface area (TPSA) is 78.8 Å². The van der Waals surface area contributed by atoms with Crippen LogP contribution in [0, 0.1) is 0 Å². The lowest BCUT2D eigenvalue weighted by Crippen LogP contribution is -2.42. The minimum absolute atomic E-state index is 0.0243. The zero-order valence-corrected chi connectivity index (χ0v) is 9.37. The van der Waals surface area contributed by atoms with Crippen molar-refractivity contribution in [2.24, 2.45) is 0 Å². The molecule has 1 aromatic carbocycles. The Hall–Kier alpha value is -0.950. The van der Waals surface area contributed by atoms with Gasteiger partial charge in [-0.05, 0) is 6.07 Å². The summed E-state index contributed by atoms with van der Waals surface area (Å²) >= 11 is -2.12. The molecular weight excluding hydrogens is 230 g/mol. The molecule has 6 heteroatoms. The Balaban J connectivity index is 2.25. The number of ether oxygens (including phenoxy) is 1. The lowest BCUT2D eigenvalue weighted by molar-refractivity contribution is 0.00213. The third-order valence-electron chi connectivity index (χ3n) is 2.65. The van der Waals surface area contributed by atoms with E-state index in [-0.39, 0.29) is 6.54 Å². The zero-order chi connectivity index (χ0) is 11.6. The van der Waals surface area contributed by atoms with Gasteiger partial charge in [0.05, 0.1) is 6.61 Å². The average Bonchev–Trinajstić information content (AvgIpc) is 2.27. The first-order valence-electron chi connectivity index (χ1n) is 4.91. The van der Waals surface area contributed by atoms with E-state index in [4.69, 9.17) is 9.29 Å². The monoisotopic (exact) mass is 243 g/mol. The fraction of sp³-hybridized carbons (Fsp3) is 0.400. The second kappa shape index (κ2) is 4.50. The zero-order valence-electron chi connectivity index (χ0n) is 8.55. The quantitative estimate of drug-likeness (QED) is 0.671. The maximum Gasteiger partial charge on any atom is 0.231 e. The summed E-state index contributed by atoms with van der Waals surface area (Å²) in [5.41, 5.74) is -0.494. The van der Waals surface area contributed by atoms with E-state index in [1.807, 2.05) is 6.07 Å². The van der Waals surface area contributed by atoms with Crippen molar-refractivity contribution in [2.45, 2.75) is 12.0 Å². The van der Waals surface area contributed by atoms with Gasteiger partial charge in [-0.3, -0.25) is 4.55 Å². The standard InChI is InChI=1S/C10H13NO4S/c12-10(7-11-16(13)14)5-6-15-9-4-2-1-3-8(9)10/h1-4,11-12H,5-7H2,(H,13,14). The molecule has 2 unspecified atom stereocenters. The molecule has 88 valence electrons. The van der Waals surface area contributed by atoms with Crippen LogP contribution in [-0.2, 0) is 16.9 Å². The maximum absolute atomic E-state index is 10.6. The Bertz CT molecular complexity index is 412. The molecule has 0 saturated carbocycles. The van der Waals surface area contributed by atoms with E-state index in [2.05, 4.69) is 4.72 Å². The molecule has 2 atom stereocenters. The Morgan fingerprint density at radius 1 is 1.50 bits per heavy atom. The molecule has 3 N–H and O–H groups in total. The molecule has 2 rings (SSSR count). The second-order valence-corrected chi connectivity index (χ2v) is 4.48. The number of fused-ring (bicyclic) bond motifs is 1. The Labute approximate surface area is 95.9 Å². The highest BCUT2D eigenvalue weighted by atomic mass is 32.2. The number of aliphatic hydroxyl groups is 1. The van der Waals surface area contributed by atoms with Crippen LogP contribution in [0.1, 0.15) is 12.0 Å². The largest absolute Gasteiger partial charge is 0.493 e. The number of nitrogens with one attached hydrogen (secondary N) is 1. The summed E-state index contributed by atoms with van der Waals surface area (Å²) in [7, 11) is 0. The summed E-state index contributed by atoms with van der Waals surface area (Å²) in [6.07, 6.45) is 0.397. The van der Waals surface area contributed by atoms with Crippen LogP contribution in [0.25, 0.3) is 0 Å². The van der Waals surface area contributed by atoms with Gasteiger partial charge in [-0.15, -0.1) is 0 Å². The van der Waals surface area contributed by atoms with Crippen LogP contribution in [0.2, 0.25) is 0 Å². The molecule has 5 nitrogen and oxygen atoms in total. The molecule has 0 saturated heterocycles. The van der Waals surface area contributed by atoms with Crippen molar-refractivity contribution < 1.29 is 18.6 Å². The molecule has 1 aromatic rings. The first-order chi connectivity index (χ1) is 7.62. The summed E-state index contributed by atoms with van der Waals surface area (Å²) in [4.78, 5) is 0. The van der Waals surface area contributed by atoms with Gasteiger partial charge >= 0.3 is 0 Å². The molecule has 1 heterocycles. The van der Waals surface area contributed by atoms with Crippen molar-refractivity contribution >= 4 is 11.3 Å². The van der Waals surface area contributed by atoms with Gasteiger partial charge in [0.25, 0.3) is 0 Å². The van der Waals surface area contributed by atoms with E-state index in [1.165, 1.54) is 0 Å². The third kappa shape index (κ3) is 2.25. The normalized spacial score (nSPS) is 25.6. The fourth-order valence-electron chi connectivity index (χ4n) is 1.81. The highest BCUT2D eigenvalue weighted by molar-refractivity contribution is 7.77. The van der Waals surface area contributed by atoms with Gasteiger partial charge in [-0.25, -0.2) is 8.93 Å². The number of para-hydroxylation sites is 1. The van der Waals surface area contributed by atoms with Crippen LogP contribution in [0.15, 0.2) is 24.3 Å². The molecular formula is C10H13NO4S. The van der Waals surface area contributed by atoms with E-state index >= 15 is 0 Å². The smallest absolute Gasteiger partial charge is 0.231 e. The molecule has 0 aliphatic carbocycles. The van der Waals surface area contributed by atoms with Gasteiger partial charge in [0.1, 0.15) is 11.4 Å². The highest BCUT2D eigenvalue weighted by Gasteiger charge is 2.35. The van der Waals surface area contributed by atoms with Crippen LogP contribution in [0.4, 0.5) is 0 Å². The maximum atomic E-state index is 10.6. The van der Waals surface area contributed by atoms with E-state index in [0.29, 0.717) is 24.3 Å². The summed E-state index contributed by atoms with van der Waals surface area (Å²) in [6.45, 7) is 0.420. The Morgan fingerprint density at radius 2 is 2.25 bits per heavy atom. The molecule has 0 aromatic heterocycles. The van der Waals surface area contributed by atoms with Gasteiger partial charge < -0.3 is 9.84 Å². The Morgan fingerprint density at radius 3 is 3.00 bits per heavy atom. The molecule has 1 aliphatic rings. The number of hydrogen-bond donors (Lipinski definition) is 3. The van der Waals surface area contributed by atoms with Gasteiger partial charge in [0.2, 0.25) is 11.3 Å². The summed E-state index contributed by atoms with van der Waals surface area (Å²) in [6, 6.07) is 7.16. The van der Waals surface area contributed by atoms with Crippen molar-refractivity contribution in [1.82, 2.24) is 4.72 Å². The van der Waals surface area contributed by atoms with Crippen molar-refractivity contribution in [1.29, 1.82) is 0 Å². The average molecular weight is 243 g/mol. The molecule has 0 amide bonds. The minimum atomic E-state index is -2.12. The van der Waals surface area contributed by atoms with Gasteiger partial charge in [-0.2, -0.15) is 0 Å². The van der Waals surface area contributed by atoms with Crippen LogP contribution >= 0.6 is 0 Å².